The van der Waals surface area contributed by atoms with Gasteiger partial charge in [0.1, 0.15) is 5.78 Å². The molecule has 0 N–H and O–H groups in total. The average molecular weight is 333 g/mol. The quantitative estimate of drug-likeness (QED) is 0.799. The minimum atomic E-state index is -0.303. The second-order valence-corrected chi connectivity index (χ2v) is 5.83. The molecule has 0 unspecified atom stereocenters. The first-order chi connectivity index (χ1) is 7.34. The zero-order chi connectivity index (χ0) is 12.3. The van der Waals surface area contributed by atoms with Crippen LogP contribution in [0.5, 0.6) is 5.88 Å². The van der Waals surface area contributed by atoms with E-state index in [0.29, 0.717) is 12.3 Å². The molecule has 1 aromatic heterocycles. The van der Waals surface area contributed by atoms with Crippen LogP contribution in [-0.2, 0) is 11.2 Å². The summed E-state index contributed by atoms with van der Waals surface area (Å²) >= 11 is 2.20. The fourth-order valence-corrected chi connectivity index (χ4v) is 1.72. The lowest BCUT2D eigenvalue weighted by atomic mass is 9.87. The highest BCUT2D eigenvalue weighted by atomic mass is 127. The summed E-state index contributed by atoms with van der Waals surface area (Å²) in [5.41, 5.74) is 0.657. The summed E-state index contributed by atoms with van der Waals surface area (Å²) in [5, 5.41) is 0. The first kappa shape index (κ1) is 13.4. The maximum atomic E-state index is 11.9. The van der Waals surface area contributed by atoms with Crippen LogP contribution in [0.1, 0.15) is 26.3 Å². The van der Waals surface area contributed by atoms with E-state index >= 15 is 0 Å². The Kier molecular flexibility index (Phi) is 4.29. The van der Waals surface area contributed by atoms with E-state index in [1.165, 1.54) is 0 Å². The molecule has 1 aromatic rings. The van der Waals surface area contributed by atoms with Crippen molar-refractivity contribution in [2.45, 2.75) is 27.2 Å². The molecule has 0 fully saturated rings. The minimum Gasteiger partial charge on any atom is -0.481 e. The number of ether oxygens (including phenoxy) is 1. The first-order valence-electron chi connectivity index (χ1n) is 5.06. The van der Waals surface area contributed by atoms with Gasteiger partial charge in [-0.2, -0.15) is 0 Å². The maximum Gasteiger partial charge on any atom is 0.213 e. The monoisotopic (exact) mass is 333 g/mol. The summed E-state index contributed by atoms with van der Waals surface area (Å²) in [5.74, 6) is 0.800. The Morgan fingerprint density at radius 2 is 2.12 bits per heavy atom. The Labute approximate surface area is 110 Å². The number of methoxy groups -OCH3 is 1. The molecular weight excluding hydrogens is 317 g/mol. The summed E-state index contributed by atoms with van der Waals surface area (Å²) < 4.78 is 6.04. The maximum absolute atomic E-state index is 11.9. The van der Waals surface area contributed by atoms with Gasteiger partial charge in [-0.15, -0.1) is 0 Å². The fraction of sp³-hybridized carbons (Fsp3) is 0.500. The lowest BCUT2D eigenvalue weighted by Gasteiger charge is -2.16. The number of Topliss-reactive ketones (excluding diaryl/α,β-unsaturated/α-hetero) is 1. The van der Waals surface area contributed by atoms with Crippen molar-refractivity contribution in [2.24, 2.45) is 5.41 Å². The van der Waals surface area contributed by atoms with Crippen molar-refractivity contribution in [1.82, 2.24) is 4.98 Å². The molecule has 0 atom stereocenters. The molecule has 0 aromatic carbocycles. The Morgan fingerprint density at radius 1 is 1.50 bits per heavy atom. The second-order valence-electron chi connectivity index (χ2n) is 4.67. The van der Waals surface area contributed by atoms with Gasteiger partial charge >= 0.3 is 0 Å². The lowest BCUT2D eigenvalue weighted by Crippen LogP contribution is -2.22. The number of rotatable bonds is 3. The highest BCUT2D eigenvalue weighted by Gasteiger charge is 2.22. The molecular formula is C12H16INO2. The predicted octanol–water partition coefficient (Wildman–Crippen LogP) is 2.85. The molecule has 0 aliphatic heterocycles. The topological polar surface area (TPSA) is 39.2 Å². The van der Waals surface area contributed by atoms with Crippen molar-refractivity contribution in [3.8, 4) is 5.88 Å². The summed E-state index contributed by atoms with van der Waals surface area (Å²) in [6.07, 6.45) is 2.14. The van der Waals surface area contributed by atoms with Crippen LogP contribution in [0.2, 0.25) is 0 Å². The SMILES string of the molecule is COc1cc(I)c(CC(=O)C(C)(C)C)cn1. The van der Waals surface area contributed by atoms with Crippen molar-refractivity contribution >= 4 is 28.4 Å². The summed E-state index contributed by atoms with van der Waals surface area (Å²) in [6, 6.07) is 1.84. The number of pyridine rings is 1. The van der Waals surface area contributed by atoms with Crippen LogP contribution < -0.4 is 4.74 Å². The van der Waals surface area contributed by atoms with Gasteiger partial charge in [0.15, 0.2) is 0 Å². The number of hydrogen-bond acceptors (Lipinski definition) is 3. The molecule has 0 aliphatic rings. The van der Waals surface area contributed by atoms with Crippen molar-refractivity contribution in [3.05, 3.63) is 21.4 Å². The summed E-state index contributed by atoms with van der Waals surface area (Å²) in [7, 11) is 1.58. The minimum absolute atomic E-state index is 0.220. The van der Waals surface area contributed by atoms with E-state index in [-0.39, 0.29) is 11.2 Å². The van der Waals surface area contributed by atoms with Crippen LogP contribution in [0.25, 0.3) is 0 Å². The Bertz CT molecular complexity index is 396. The third-order valence-corrected chi connectivity index (χ3v) is 3.31. The van der Waals surface area contributed by atoms with E-state index in [9.17, 15) is 4.79 Å². The number of carbonyl (C=O) groups excluding carboxylic acids is 1. The molecule has 1 heterocycles. The zero-order valence-corrected chi connectivity index (χ0v) is 12.2. The third-order valence-electron chi connectivity index (χ3n) is 2.30. The molecule has 0 spiro atoms. The van der Waals surface area contributed by atoms with Gasteiger partial charge in [-0.25, -0.2) is 4.98 Å². The molecule has 4 heteroatoms. The van der Waals surface area contributed by atoms with Gasteiger partial charge < -0.3 is 4.74 Å². The van der Waals surface area contributed by atoms with Gasteiger partial charge in [-0.1, -0.05) is 20.8 Å². The van der Waals surface area contributed by atoms with Crippen LogP contribution >= 0.6 is 22.6 Å². The second kappa shape index (κ2) is 5.12. The van der Waals surface area contributed by atoms with Crippen LogP contribution in [0.3, 0.4) is 0 Å². The molecule has 0 amide bonds. The van der Waals surface area contributed by atoms with Gasteiger partial charge in [-0.05, 0) is 28.2 Å². The van der Waals surface area contributed by atoms with Crippen molar-refractivity contribution in [3.63, 3.8) is 0 Å². The number of ketones is 1. The molecule has 0 bridgehead atoms. The van der Waals surface area contributed by atoms with E-state index in [0.717, 1.165) is 9.13 Å². The molecule has 88 valence electrons. The zero-order valence-electron chi connectivity index (χ0n) is 10.0. The van der Waals surface area contributed by atoms with Crippen molar-refractivity contribution in [1.29, 1.82) is 0 Å². The molecule has 0 aliphatic carbocycles. The lowest BCUT2D eigenvalue weighted by molar-refractivity contribution is -0.125. The van der Waals surface area contributed by atoms with Crippen LogP contribution in [0.15, 0.2) is 12.3 Å². The van der Waals surface area contributed by atoms with Crippen molar-refractivity contribution < 1.29 is 9.53 Å². The Balaban J connectivity index is 2.87. The standard InChI is InChI=1S/C12H16INO2/c1-12(2,3)10(15)5-8-7-14-11(16-4)6-9(8)13/h6-7H,5H2,1-4H3. The summed E-state index contributed by atoms with van der Waals surface area (Å²) in [4.78, 5) is 16.0. The third kappa shape index (κ3) is 3.43. The summed E-state index contributed by atoms with van der Waals surface area (Å²) in [6.45, 7) is 5.79. The van der Waals surface area contributed by atoms with E-state index in [1.54, 1.807) is 13.3 Å². The van der Waals surface area contributed by atoms with E-state index in [1.807, 2.05) is 26.8 Å². The Morgan fingerprint density at radius 3 is 2.56 bits per heavy atom. The van der Waals surface area contributed by atoms with Crippen LogP contribution in [0.4, 0.5) is 0 Å². The number of halogens is 1. The number of carbonyl (C=O) groups is 1. The first-order valence-corrected chi connectivity index (χ1v) is 6.14. The largest absolute Gasteiger partial charge is 0.481 e. The van der Waals surface area contributed by atoms with Gasteiger partial charge in [0.2, 0.25) is 5.88 Å². The van der Waals surface area contributed by atoms with Crippen LogP contribution in [0, 0.1) is 8.99 Å². The number of aromatic nitrogens is 1. The van der Waals surface area contributed by atoms with E-state index in [4.69, 9.17) is 4.74 Å². The fourth-order valence-electron chi connectivity index (χ4n) is 1.12. The molecule has 0 saturated heterocycles. The molecule has 0 saturated carbocycles. The normalized spacial score (nSPS) is 11.3. The molecule has 0 radical (unpaired) electrons. The van der Waals surface area contributed by atoms with Gasteiger partial charge in [-0.3, -0.25) is 4.79 Å². The van der Waals surface area contributed by atoms with Gasteiger partial charge in [0.25, 0.3) is 0 Å². The number of hydrogen-bond donors (Lipinski definition) is 0. The predicted molar refractivity (Wildman–Crippen MR) is 71.7 cm³/mol. The van der Waals surface area contributed by atoms with E-state index < -0.39 is 0 Å². The number of nitrogens with zero attached hydrogens (tertiary/aromatic N) is 1. The van der Waals surface area contributed by atoms with E-state index in [2.05, 4.69) is 27.6 Å². The van der Waals surface area contributed by atoms with Crippen molar-refractivity contribution in [2.75, 3.05) is 7.11 Å². The average Bonchev–Trinajstić information content (AvgIpc) is 2.19. The van der Waals surface area contributed by atoms with Crippen LogP contribution in [-0.4, -0.2) is 17.9 Å². The molecule has 16 heavy (non-hydrogen) atoms. The van der Waals surface area contributed by atoms with Gasteiger partial charge in [0, 0.05) is 27.7 Å². The van der Waals surface area contributed by atoms with Gasteiger partial charge in [0.05, 0.1) is 7.11 Å². The smallest absolute Gasteiger partial charge is 0.213 e. The molecule has 1 rings (SSSR count). The Hall–Kier alpha value is -0.650. The highest BCUT2D eigenvalue weighted by Crippen LogP contribution is 2.22. The highest BCUT2D eigenvalue weighted by molar-refractivity contribution is 14.1. The molecule has 3 nitrogen and oxygen atoms in total.